The molecule has 0 aliphatic rings. The second kappa shape index (κ2) is 5.38. The van der Waals surface area contributed by atoms with Gasteiger partial charge in [-0.05, 0) is 42.5 Å². The first kappa shape index (κ1) is 12.7. The molecule has 3 rings (SSSR count). The number of tetrazole rings is 1. The standard InChI is InChI=1S/C13H14N6S/c1-9(13-7-14-8-20-13)15-11-4-3-5-12(6-11)19-10(2)16-17-18-19/h3-9,15H,1-2H3. The summed E-state index contributed by atoms with van der Waals surface area (Å²) in [6.07, 6.45) is 1.89. The highest BCUT2D eigenvalue weighted by molar-refractivity contribution is 7.09. The molecule has 0 amide bonds. The molecule has 0 bridgehead atoms. The van der Waals surface area contributed by atoms with Crippen LogP contribution in [0, 0.1) is 6.92 Å². The predicted octanol–water partition coefficient (Wildman–Crippen LogP) is 2.60. The summed E-state index contributed by atoms with van der Waals surface area (Å²) in [5.74, 6) is 0.762. The summed E-state index contributed by atoms with van der Waals surface area (Å²) < 4.78 is 1.71. The van der Waals surface area contributed by atoms with Crippen molar-refractivity contribution in [3.05, 3.63) is 46.7 Å². The maximum Gasteiger partial charge on any atom is 0.153 e. The number of aryl methyl sites for hydroxylation is 1. The summed E-state index contributed by atoms with van der Waals surface area (Å²) in [6.45, 7) is 3.99. The van der Waals surface area contributed by atoms with Gasteiger partial charge in [0, 0.05) is 16.8 Å². The first-order valence-electron chi connectivity index (χ1n) is 6.24. The van der Waals surface area contributed by atoms with Crippen molar-refractivity contribution in [2.75, 3.05) is 5.32 Å². The minimum absolute atomic E-state index is 0.215. The Hall–Kier alpha value is -2.28. The Kier molecular flexibility index (Phi) is 3.42. The monoisotopic (exact) mass is 286 g/mol. The van der Waals surface area contributed by atoms with Gasteiger partial charge in [-0.3, -0.25) is 4.98 Å². The Balaban J connectivity index is 1.83. The number of nitrogens with zero attached hydrogens (tertiary/aromatic N) is 5. The quantitative estimate of drug-likeness (QED) is 0.798. The van der Waals surface area contributed by atoms with Gasteiger partial charge in [-0.2, -0.15) is 4.68 Å². The van der Waals surface area contributed by atoms with Gasteiger partial charge in [-0.25, -0.2) is 0 Å². The van der Waals surface area contributed by atoms with Crippen LogP contribution in [0.2, 0.25) is 0 Å². The van der Waals surface area contributed by atoms with Crippen LogP contribution in [-0.2, 0) is 0 Å². The van der Waals surface area contributed by atoms with Gasteiger partial charge in [0.15, 0.2) is 5.82 Å². The summed E-state index contributed by atoms with van der Waals surface area (Å²) in [5.41, 5.74) is 3.81. The number of aromatic nitrogens is 5. The fraction of sp³-hybridized carbons (Fsp3) is 0.231. The summed E-state index contributed by atoms with van der Waals surface area (Å²) in [6, 6.07) is 8.24. The molecule has 0 spiro atoms. The van der Waals surface area contributed by atoms with Crippen LogP contribution in [0.1, 0.15) is 23.7 Å². The van der Waals surface area contributed by atoms with Crippen LogP contribution in [-0.4, -0.2) is 25.2 Å². The van der Waals surface area contributed by atoms with Gasteiger partial charge in [0.1, 0.15) is 0 Å². The molecular formula is C13H14N6S. The van der Waals surface area contributed by atoms with E-state index in [9.17, 15) is 0 Å². The zero-order valence-corrected chi connectivity index (χ0v) is 12.0. The van der Waals surface area contributed by atoms with Gasteiger partial charge >= 0.3 is 0 Å². The lowest BCUT2D eigenvalue weighted by atomic mass is 10.2. The highest BCUT2D eigenvalue weighted by Gasteiger charge is 2.08. The van der Waals surface area contributed by atoms with Gasteiger partial charge in [-0.15, -0.1) is 16.4 Å². The van der Waals surface area contributed by atoms with E-state index in [1.807, 2.05) is 42.9 Å². The summed E-state index contributed by atoms with van der Waals surface area (Å²) in [4.78, 5) is 5.31. The molecular weight excluding hydrogens is 272 g/mol. The normalized spacial score (nSPS) is 12.3. The molecule has 1 N–H and O–H groups in total. The topological polar surface area (TPSA) is 68.5 Å². The Morgan fingerprint density at radius 1 is 1.35 bits per heavy atom. The zero-order chi connectivity index (χ0) is 13.9. The fourth-order valence-electron chi connectivity index (χ4n) is 1.96. The van der Waals surface area contributed by atoms with Crippen molar-refractivity contribution in [1.29, 1.82) is 0 Å². The number of hydrogen-bond donors (Lipinski definition) is 1. The van der Waals surface area contributed by atoms with Crippen LogP contribution in [0.15, 0.2) is 36.0 Å². The van der Waals surface area contributed by atoms with Crippen molar-refractivity contribution in [1.82, 2.24) is 25.2 Å². The molecule has 1 unspecified atom stereocenters. The smallest absolute Gasteiger partial charge is 0.153 e. The molecule has 2 aromatic heterocycles. The van der Waals surface area contributed by atoms with Crippen molar-refractivity contribution < 1.29 is 0 Å². The molecule has 0 aliphatic heterocycles. The third-order valence-corrected chi connectivity index (χ3v) is 3.94. The number of rotatable bonds is 4. The number of nitrogens with one attached hydrogen (secondary N) is 1. The molecule has 7 heteroatoms. The van der Waals surface area contributed by atoms with Gasteiger partial charge < -0.3 is 5.32 Å². The summed E-state index contributed by atoms with van der Waals surface area (Å²) >= 11 is 1.64. The molecule has 0 saturated heterocycles. The molecule has 102 valence electrons. The maximum absolute atomic E-state index is 4.10. The predicted molar refractivity (Wildman–Crippen MR) is 78.0 cm³/mol. The van der Waals surface area contributed by atoms with Gasteiger partial charge in [0.25, 0.3) is 0 Å². The van der Waals surface area contributed by atoms with Gasteiger partial charge in [0.2, 0.25) is 0 Å². The minimum Gasteiger partial charge on any atom is -0.378 e. The summed E-state index contributed by atoms with van der Waals surface area (Å²) in [5, 5.41) is 15.0. The van der Waals surface area contributed by atoms with Crippen LogP contribution >= 0.6 is 11.3 Å². The molecule has 1 aromatic carbocycles. The van der Waals surface area contributed by atoms with E-state index in [1.54, 1.807) is 16.0 Å². The van der Waals surface area contributed by atoms with Crippen molar-refractivity contribution in [2.45, 2.75) is 19.9 Å². The molecule has 0 saturated carbocycles. The van der Waals surface area contributed by atoms with E-state index in [4.69, 9.17) is 0 Å². The van der Waals surface area contributed by atoms with Crippen LogP contribution in [0.5, 0.6) is 0 Å². The maximum atomic E-state index is 4.10. The van der Waals surface area contributed by atoms with Crippen LogP contribution < -0.4 is 5.32 Å². The summed E-state index contributed by atoms with van der Waals surface area (Å²) in [7, 11) is 0. The van der Waals surface area contributed by atoms with Crippen molar-refractivity contribution >= 4 is 17.0 Å². The third-order valence-electron chi connectivity index (χ3n) is 2.98. The minimum atomic E-state index is 0.215. The Morgan fingerprint density at radius 3 is 2.95 bits per heavy atom. The van der Waals surface area contributed by atoms with Crippen LogP contribution in [0.4, 0.5) is 5.69 Å². The van der Waals surface area contributed by atoms with Crippen LogP contribution in [0.3, 0.4) is 0 Å². The molecule has 0 radical (unpaired) electrons. The Labute approximate surface area is 120 Å². The van der Waals surface area contributed by atoms with E-state index in [0.717, 1.165) is 17.2 Å². The van der Waals surface area contributed by atoms with E-state index in [1.165, 1.54) is 4.88 Å². The molecule has 0 aliphatic carbocycles. The van der Waals surface area contributed by atoms with E-state index in [-0.39, 0.29) is 6.04 Å². The molecule has 1 atom stereocenters. The average Bonchev–Trinajstić information content (AvgIpc) is 3.10. The third kappa shape index (κ3) is 2.53. The van der Waals surface area contributed by atoms with Crippen molar-refractivity contribution in [3.63, 3.8) is 0 Å². The largest absolute Gasteiger partial charge is 0.378 e. The molecule has 20 heavy (non-hydrogen) atoms. The van der Waals surface area contributed by atoms with E-state index < -0.39 is 0 Å². The highest BCUT2D eigenvalue weighted by Crippen LogP contribution is 2.23. The first-order chi connectivity index (χ1) is 9.74. The highest BCUT2D eigenvalue weighted by atomic mass is 32.1. The van der Waals surface area contributed by atoms with Crippen molar-refractivity contribution in [2.24, 2.45) is 0 Å². The average molecular weight is 286 g/mol. The lowest BCUT2D eigenvalue weighted by Crippen LogP contribution is -2.06. The molecule has 0 fully saturated rings. The molecule has 6 nitrogen and oxygen atoms in total. The number of thiazole rings is 1. The lowest BCUT2D eigenvalue weighted by Gasteiger charge is -2.14. The Bertz CT molecular complexity index is 690. The number of benzene rings is 1. The van der Waals surface area contributed by atoms with Crippen molar-refractivity contribution in [3.8, 4) is 5.69 Å². The fourth-order valence-corrected chi connectivity index (χ4v) is 2.59. The Morgan fingerprint density at radius 2 is 2.25 bits per heavy atom. The van der Waals surface area contributed by atoms with Gasteiger partial charge in [0.05, 0.1) is 17.2 Å². The molecule has 3 aromatic rings. The SMILES string of the molecule is Cc1nnnn1-c1cccc(NC(C)c2cncs2)c1. The second-order valence-corrected chi connectivity index (χ2v) is 5.38. The second-order valence-electron chi connectivity index (χ2n) is 4.46. The molecule has 2 heterocycles. The van der Waals surface area contributed by atoms with E-state index >= 15 is 0 Å². The van der Waals surface area contributed by atoms with E-state index in [0.29, 0.717) is 0 Å². The number of hydrogen-bond acceptors (Lipinski definition) is 6. The zero-order valence-electron chi connectivity index (χ0n) is 11.2. The number of anilines is 1. The first-order valence-corrected chi connectivity index (χ1v) is 7.12. The van der Waals surface area contributed by atoms with E-state index in [2.05, 4.69) is 32.7 Å². The lowest BCUT2D eigenvalue weighted by molar-refractivity contribution is 0.779. The van der Waals surface area contributed by atoms with Crippen LogP contribution in [0.25, 0.3) is 5.69 Å². The van der Waals surface area contributed by atoms with Gasteiger partial charge in [-0.1, -0.05) is 6.07 Å².